The Bertz CT molecular complexity index is 473. The standard InChI is InChI=1S/C15H21FN2O.ClH/c1-11-9-12(16)3-4-13(11)14(19)18-10-15(2)5-7-17-8-6-15;/h3-4,9,17H,5-8,10H2,1-2H3,(H,18,19);1H. The van der Waals surface area contributed by atoms with E-state index in [4.69, 9.17) is 0 Å². The summed E-state index contributed by atoms with van der Waals surface area (Å²) in [5.74, 6) is -0.420. The first-order chi connectivity index (χ1) is 9.00. The molecule has 5 heteroatoms. The summed E-state index contributed by atoms with van der Waals surface area (Å²) in [6.45, 7) is 6.63. The summed E-state index contributed by atoms with van der Waals surface area (Å²) >= 11 is 0. The number of nitrogens with one attached hydrogen (secondary N) is 2. The number of halogens is 2. The summed E-state index contributed by atoms with van der Waals surface area (Å²) < 4.78 is 13.0. The second-order valence-electron chi connectivity index (χ2n) is 5.70. The molecule has 0 spiro atoms. The molecule has 1 saturated heterocycles. The third-order valence-corrected chi connectivity index (χ3v) is 3.92. The Morgan fingerprint density at radius 1 is 1.40 bits per heavy atom. The van der Waals surface area contributed by atoms with Gasteiger partial charge in [-0.15, -0.1) is 12.4 Å². The van der Waals surface area contributed by atoms with Crippen LogP contribution in [0.15, 0.2) is 18.2 Å². The number of carbonyl (C=O) groups excluding carboxylic acids is 1. The van der Waals surface area contributed by atoms with E-state index in [9.17, 15) is 9.18 Å². The minimum atomic E-state index is -0.306. The van der Waals surface area contributed by atoms with Crippen molar-refractivity contribution in [2.24, 2.45) is 5.41 Å². The highest BCUT2D eigenvalue weighted by atomic mass is 35.5. The highest BCUT2D eigenvalue weighted by molar-refractivity contribution is 5.95. The van der Waals surface area contributed by atoms with Gasteiger partial charge in [-0.25, -0.2) is 4.39 Å². The molecule has 0 aromatic heterocycles. The van der Waals surface area contributed by atoms with Crippen molar-refractivity contribution < 1.29 is 9.18 Å². The van der Waals surface area contributed by atoms with E-state index in [0.29, 0.717) is 17.7 Å². The number of hydrogen-bond donors (Lipinski definition) is 2. The zero-order chi connectivity index (χ0) is 13.9. The maximum Gasteiger partial charge on any atom is 0.251 e. The number of amides is 1. The van der Waals surface area contributed by atoms with E-state index in [1.165, 1.54) is 12.1 Å². The Hall–Kier alpha value is -1.13. The molecule has 1 aliphatic heterocycles. The minimum absolute atomic E-state index is 0. The van der Waals surface area contributed by atoms with Gasteiger partial charge in [0.15, 0.2) is 0 Å². The third-order valence-electron chi connectivity index (χ3n) is 3.92. The third kappa shape index (κ3) is 4.18. The van der Waals surface area contributed by atoms with Gasteiger partial charge in [-0.3, -0.25) is 4.79 Å². The molecule has 0 unspecified atom stereocenters. The molecule has 1 aromatic rings. The molecular formula is C15H22ClFN2O. The van der Waals surface area contributed by atoms with Gasteiger partial charge in [-0.2, -0.15) is 0 Å². The molecule has 0 radical (unpaired) electrons. The number of carbonyl (C=O) groups is 1. The van der Waals surface area contributed by atoms with Crippen LogP contribution in [0.25, 0.3) is 0 Å². The second kappa shape index (κ2) is 7.04. The van der Waals surface area contributed by atoms with Gasteiger partial charge in [0.2, 0.25) is 0 Å². The predicted octanol–water partition coefficient (Wildman–Crippen LogP) is 2.68. The van der Waals surface area contributed by atoms with E-state index in [2.05, 4.69) is 17.6 Å². The number of aryl methyl sites for hydroxylation is 1. The number of benzene rings is 1. The van der Waals surface area contributed by atoms with Crippen molar-refractivity contribution in [2.45, 2.75) is 26.7 Å². The van der Waals surface area contributed by atoms with Crippen LogP contribution in [0.5, 0.6) is 0 Å². The molecule has 1 fully saturated rings. The average molecular weight is 301 g/mol. The van der Waals surface area contributed by atoms with Gasteiger partial charge in [0.1, 0.15) is 5.82 Å². The van der Waals surface area contributed by atoms with Crippen LogP contribution in [0.2, 0.25) is 0 Å². The van der Waals surface area contributed by atoms with Crippen LogP contribution in [-0.4, -0.2) is 25.5 Å². The molecule has 2 rings (SSSR count). The second-order valence-corrected chi connectivity index (χ2v) is 5.70. The van der Waals surface area contributed by atoms with Crippen molar-refractivity contribution in [3.8, 4) is 0 Å². The van der Waals surface area contributed by atoms with Crippen LogP contribution in [0.4, 0.5) is 4.39 Å². The normalized spacial score (nSPS) is 17.1. The van der Waals surface area contributed by atoms with Gasteiger partial charge >= 0.3 is 0 Å². The molecule has 1 heterocycles. The van der Waals surface area contributed by atoms with Crippen molar-refractivity contribution in [2.75, 3.05) is 19.6 Å². The van der Waals surface area contributed by atoms with Crippen LogP contribution in [-0.2, 0) is 0 Å². The maximum atomic E-state index is 13.0. The monoisotopic (exact) mass is 300 g/mol. The first kappa shape index (κ1) is 16.9. The van der Waals surface area contributed by atoms with Crippen molar-refractivity contribution in [3.05, 3.63) is 35.1 Å². The van der Waals surface area contributed by atoms with Crippen molar-refractivity contribution >= 4 is 18.3 Å². The fraction of sp³-hybridized carbons (Fsp3) is 0.533. The molecular weight excluding hydrogens is 279 g/mol. The molecule has 2 N–H and O–H groups in total. The van der Waals surface area contributed by atoms with Crippen LogP contribution < -0.4 is 10.6 Å². The summed E-state index contributed by atoms with van der Waals surface area (Å²) in [5.41, 5.74) is 1.39. The first-order valence-electron chi connectivity index (χ1n) is 6.75. The fourth-order valence-corrected chi connectivity index (χ4v) is 2.48. The maximum absolute atomic E-state index is 13.0. The molecule has 1 amide bonds. The SMILES string of the molecule is Cc1cc(F)ccc1C(=O)NCC1(C)CCNCC1.Cl. The van der Waals surface area contributed by atoms with E-state index in [0.717, 1.165) is 25.9 Å². The molecule has 20 heavy (non-hydrogen) atoms. The Morgan fingerprint density at radius 2 is 2.05 bits per heavy atom. The summed E-state index contributed by atoms with van der Waals surface area (Å²) in [6.07, 6.45) is 2.13. The summed E-state index contributed by atoms with van der Waals surface area (Å²) in [7, 11) is 0. The lowest BCUT2D eigenvalue weighted by molar-refractivity contribution is 0.0921. The number of hydrogen-bond acceptors (Lipinski definition) is 2. The highest BCUT2D eigenvalue weighted by Gasteiger charge is 2.27. The van der Waals surface area contributed by atoms with E-state index >= 15 is 0 Å². The fourth-order valence-electron chi connectivity index (χ4n) is 2.48. The molecule has 0 atom stereocenters. The lowest BCUT2D eigenvalue weighted by atomic mass is 9.81. The Morgan fingerprint density at radius 3 is 2.65 bits per heavy atom. The molecule has 3 nitrogen and oxygen atoms in total. The minimum Gasteiger partial charge on any atom is -0.351 e. The predicted molar refractivity (Wildman–Crippen MR) is 80.9 cm³/mol. The van der Waals surface area contributed by atoms with Crippen LogP contribution >= 0.6 is 12.4 Å². The smallest absolute Gasteiger partial charge is 0.251 e. The van der Waals surface area contributed by atoms with Gasteiger partial charge in [0.25, 0.3) is 5.91 Å². The molecule has 112 valence electrons. The Balaban J connectivity index is 0.00000200. The molecule has 0 aliphatic carbocycles. The largest absolute Gasteiger partial charge is 0.351 e. The quantitative estimate of drug-likeness (QED) is 0.901. The summed E-state index contributed by atoms with van der Waals surface area (Å²) in [5, 5.41) is 6.30. The Kier molecular flexibility index (Phi) is 5.96. The lowest BCUT2D eigenvalue weighted by Gasteiger charge is -2.34. The Labute approximate surface area is 125 Å². The number of piperidine rings is 1. The van der Waals surface area contributed by atoms with Crippen LogP contribution in [0.1, 0.15) is 35.7 Å². The summed E-state index contributed by atoms with van der Waals surface area (Å²) in [4.78, 5) is 12.1. The molecule has 1 aliphatic rings. The summed E-state index contributed by atoms with van der Waals surface area (Å²) in [6, 6.07) is 4.26. The van der Waals surface area contributed by atoms with Crippen molar-refractivity contribution in [3.63, 3.8) is 0 Å². The molecule has 0 bridgehead atoms. The topological polar surface area (TPSA) is 41.1 Å². The van der Waals surface area contributed by atoms with Crippen molar-refractivity contribution in [1.82, 2.24) is 10.6 Å². The van der Waals surface area contributed by atoms with E-state index in [-0.39, 0.29) is 29.5 Å². The molecule has 0 saturated carbocycles. The average Bonchev–Trinajstić information content (AvgIpc) is 2.37. The van der Waals surface area contributed by atoms with E-state index < -0.39 is 0 Å². The van der Waals surface area contributed by atoms with Gasteiger partial charge in [-0.05, 0) is 62.0 Å². The van der Waals surface area contributed by atoms with Gasteiger partial charge in [0, 0.05) is 12.1 Å². The van der Waals surface area contributed by atoms with Gasteiger partial charge in [0.05, 0.1) is 0 Å². The zero-order valence-corrected chi connectivity index (χ0v) is 12.8. The first-order valence-corrected chi connectivity index (χ1v) is 6.75. The highest BCUT2D eigenvalue weighted by Crippen LogP contribution is 2.26. The van der Waals surface area contributed by atoms with Crippen molar-refractivity contribution in [1.29, 1.82) is 0 Å². The van der Waals surface area contributed by atoms with Crippen LogP contribution in [0, 0.1) is 18.2 Å². The van der Waals surface area contributed by atoms with Crippen LogP contribution in [0.3, 0.4) is 0 Å². The van der Waals surface area contributed by atoms with Gasteiger partial charge < -0.3 is 10.6 Å². The van der Waals surface area contributed by atoms with E-state index in [1.807, 2.05) is 0 Å². The van der Waals surface area contributed by atoms with Gasteiger partial charge in [-0.1, -0.05) is 6.92 Å². The van der Waals surface area contributed by atoms with E-state index in [1.54, 1.807) is 13.0 Å². The zero-order valence-electron chi connectivity index (χ0n) is 12.0. The number of rotatable bonds is 3. The lowest BCUT2D eigenvalue weighted by Crippen LogP contribution is -2.43. The molecule has 1 aromatic carbocycles.